The van der Waals surface area contributed by atoms with Gasteiger partial charge < -0.3 is 5.32 Å². The summed E-state index contributed by atoms with van der Waals surface area (Å²) in [4.78, 5) is 0.401. The summed E-state index contributed by atoms with van der Waals surface area (Å²) < 4.78 is 28.9. The van der Waals surface area contributed by atoms with Gasteiger partial charge in [-0.2, -0.15) is 0 Å². The number of fused-ring (bicyclic) bond motifs is 2. The Morgan fingerprint density at radius 1 is 1.00 bits per heavy atom. The highest BCUT2D eigenvalue weighted by Gasteiger charge is 2.34. The zero-order chi connectivity index (χ0) is 20.1. The average Bonchev–Trinajstić information content (AvgIpc) is 2.75. The normalized spacial score (nSPS) is 17.7. The second kappa shape index (κ2) is 9.59. The minimum absolute atomic E-state index is 0.126. The third-order valence-corrected chi connectivity index (χ3v) is 7.89. The Morgan fingerprint density at radius 2 is 1.71 bits per heavy atom. The van der Waals surface area contributed by atoms with Crippen LogP contribution in [-0.2, 0) is 10.0 Å². The Balaban J connectivity index is 1.90. The summed E-state index contributed by atoms with van der Waals surface area (Å²) in [5, 5.41) is 3.65. The maximum Gasteiger partial charge on any atom is 0.264 e. The van der Waals surface area contributed by atoms with Gasteiger partial charge in [0.25, 0.3) is 10.0 Å². The summed E-state index contributed by atoms with van der Waals surface area (Å²) in [6, 6.07) is 13.4. The molecule has 1 aliphatic heterocycles. The number of benzene rings is 2. The number of halogens is 1. The van der Waals surface area contributed by atoms with Gasteiger partial charge in [-0.05, 0) is 64.9 Å². The lowest BCUT2D eigenvalue weighted by Gasteiger charge is -2.22. The Morgan fingerprint density at radius 3 is 2.50 bits per heavy atom. The molecule has 0 amide bonds. The summed E-state index contributed by atoms with van der Waals surface area (Å²) in [6.07, 6.45) is 7.44. The highest BCUT2D eigenvalue weighted by atomic mass is 127. The van der Waals surface area contributed by atoms with Crippen molar-refractivity contribution in [3.05, 3.63) is 57.2 Å². The SMILES string of the molecule is CCCCCCCCNC1c2ccccc2N(C)S(=O)(=O)c2cc(I)ccc21. The lowest BCUT2D eigenvalue weighted by atomic mass is 9.96. The predicted molar refractivity (Wildman–Crippen MR) is 124 cm³/mol. The van der Waals surface area contributed by atoms with Crippen LogP contribution in [0.25, 0.3) is 0 Å². The van der Waals surface area contributed by atoms with E-state index in [1.807, 2.05) is 36.4 Å². The van der Waals surface area contributed by atoms with Crippen molar-refractivity contribution in [3.8, 4) is 0 Å². The number of rotatable bonds is 8. The van der Waals surface area contributed by atoms with E-state index in [9.17, 15) is 8.42 Å². The van der Waals surface area contributed by atoms with Crippen molar-refractivity contribution < 1.29 is 8.42 Å². The fourth-order valence-electron chi connectivity index (χ4n) is 3.80. The highest BCUT2D eigenvalue weighted by Crippen LogP contribution is 2.40. The monoisotopic (exact) mass is 512 g/mol. The molecule has 3 rings (SSSR count). The van der Waals surface area contributed by atoms with Crippen LogP contribution >= 0.6 is 22.6 Å². The summed E-state index contributed by atoms with van der Waals surface area (Å²) in [5.74, 6) is 0. The van der Waals surface area contributed by atoms with Crippen molar-refractivity contribution in [3.63, 3.8) is 0 Å². The third kappa shape index (κ3) is 4.54. The molecule has 28 heavy (non-hydrogen) atoms. The van der Waals surface area contributed by atoms with Crippen LogP contribution in [-0.4, -0.2) is 22.0 Å². The Labute approximate surface area is 182 Å². The van der Waals surface area contributed by atoms with Gasteiger partial charge in [-0.25, -0.2) is 8.42 Å². The van der Waals surface area contributed by atoms with Gasteiger partial charge in [0.1, 0.15) is 0 Å². The van der Waals surface area contributed by atoms with E-state index in [4.69, 9.17) is 0 Å². The van der Waals surface area contributed by atoms with Crippen molar-refractivity contribution in [2.24, 2.45) is 0 Å². The van der Waals surface area contributed by atoms with E-state index in [2.05, 4.69) is 34.8 Å². The first-order valence-electron chi connectivity index (χ1n) is 10.1. The fraction of sp³-hybridized carbons (Fsp3) is 0.455. The first kappa shape index (κ1) is 21.6. The first-order chi connectivity index (χ1) is 13.5. The number of unbranched alkanes of at least 4 members (excludes halogenated alkanes) is 5. The van der Waals surface area contributed by atoms with Crippen molar-refractivity contribution in [1.82, 2.24) is 5.32 Å². The lowest BCUT2D eigenvalue weighted by molar-refractivity contribution is 0.539. The molecule has 0 aromatic heterocycles. The largest absolute Gasteiger partial charge is 0.306 e. The molecule has 2 aromatic rings. The average molecular weight is 512 g/mol. The molecule has 1 N–H and O–H groups in total. The number of nitrogens with one attached hydrogen (secondary N) is 1. The quantitative estimate of drug-likeness (QED) is 0.377. The van der Waals surface area contributed by atoms with E-state index in [1.165, 1.54) is 36.4 Å². The minimum atomic E-state index is -3.58. The first-order valence-corrected chi connectivity index (χ1v) is 12.6. The van der Waals surface area contributed by atoms with Gasteiger partial charge in [-0.15, -0.1) is 0 Å². The third-order valence-electron chi connectivity index (χ3n) is 5.39. The van der Waals surface area contributed by atoms with Crippen LogP contribution in [0.1, 0.15) is 62.6 Å². The zero-order valence-corrected chi connectivity index (χ0v) is 19.6. The van der Waals surface area contributed by atoms with Crippen molar-refractivity contribution in [1.29, 1.82) is 0 Å². The topological polar surface area (TPSA) is 49.4 Å². The van der Waals surface area contributed by atoms with Gasteiger partial charge >= 0.3 is 0 Å². The number of para-hydroxylation sites is 1. The molecule has 4 nitrogen and oxygen atoms in total. The van der Waals surface area contributed by atoms with E-state index in [0.717, 1.165) is 33.4 Å². The Bertz CT molecular complexity index is 915. The van der Waals surface area contributed by atoms with Gasteiger partial charge in [-0.3, -0.25) is 4.31 Å². The zero-order valence-electron chi connectivity index (χ0n) is 16.6. The Kier molecular flexibility index (Phi) is 7.39. The van der Waals surface area contributed by atoms with Crippen LogP contribution in [0.5, 0.6) is 0 Å². The summed E-state index contributed by atoms with van der Waals surface area (Å²) in [5.41, 5.74) is 2.59. The van der Waals surface area contributed by atoms with Crippen LogP contribution in [0.2, 0.25) is 0 Å². The Hall–Kier alpha value is -1.12. The van der Waals surface area contributed by atoms with Gasteiger partial charge in [0.05, 0.1) is 16.6 Å². The molecule has 0 saturated heterocycles. The molecule has 0 fully saturated rings. The second-order valence-electron chi connectivity index (χ2n) is 7.37. The van der Waals surface area contributed by atoms with Crippen molar-refractivity contribution in [2.75, 3.05) is 17.9 Å². The molecule has 152 valence electrons. The molecule has 1 heterocycles. The van der Waals surface area contributed by atoms with Gasteiger partial charge in [0.15, 0.2) is 0 Å². The van der Waals surface area contributed by atoms with Gasteiger partial charge in [-0.1, -0.05) is 63.3 Å². The number of anilines is 1. The lowest BCUT2D eigenvalue weighted by Crippen LogP contribution is -2.26. The maximum atomic E-state index is 13.3. The number of nitrogens with zero attached hydrogens (tertiary/aromatic N) is 1. The van der Waals surface area contributed by atoms with Crippen molar-refractivity contribution >= 4 is 38.3 Å². The van der Waals surface area contributed by atoms with Crippen LogP contribution in [0.3, 0.4) is 0 Å². The van der Waals surface area contributed by atoms with Gasteiger partial charge in [0.2, 0.25) is 0 Å². The minimum Gasteiger partial charge on any atom is -0.306 e. The van der Waals surface area contributed by atoms with E-state index in [1.54, 1.807) is 13.1 Å². The molecular weight excluding hydrogens is 483 g/mol. The molecule has 0 saturated carbocycles. The number of sulfonamides is 1. The standard InChI is InChI=1S/C22H29IN2O2S/c1-3-4-5-6-7-10-15-24-22-18-11-8-9-12-20(18)25(2)28(26,27)21-16-17(23)13-14-19(21)22/h8-9,11-14,16,22,24H,3-7,10,15H2,1-2H3. The van der Waals surface area contributed by atoms with E-state index >= 15 is 0 Å². The molecule has 2 aromatic carbocycles. The molecule has 1 unspecified atom stereocenters. The summed E-state index contributed by atoms with van der Waals surface area (Å²) in [6.45, 7) is 3.11. The van der Waals surface area contributed by atoms with Gasteiger partial charge in [0, 0.05) is 10.6 Å². The molecule has 1 aliphatic rings. The summed E-state index contributed by atoms with van der Waals surface area (Å²) in [7, 11) is -1.94. The maximum absolute atomic E-state index is 13.3. The summed E-state index contributed by atoms with van der Waals surface area (Å²) >= 11 is 2.18. The number of hydrogen-bond acceptors (Lipinski definition) is 3. The molecule has 0 aliphatic carbocycles. The molecule has 6 heteroatoms. The van der Waals surface area contributed by atoms with Crippen LogP contribution in [0, 0.1) is 3.57 Å². The van der Waals surface area contributed by atoms with Crippen LogP contribution in [0.15, 0.2) is 47.4 Å². The highest BCUT2D eigenvalue weighted by molar-refractivity contribution is 14.1. The molecule has 0 spiro atoms. The molecule has 1 atom stereocenters. The van der Waals surface area contributed by atoms with E-state index < -0.39 is 10.0 Å². The van der Waals surface area contributed by atoms with Crippen LogP contribution in [0.4, 0.5) is 5.69 Å². The second-order valence-corrected chi connectivity index (χ2v) is 10.6. The number of hydrogen-bond donors (Lipinski definition) is 1. The predicted octanol–water partition coefficient (Wildman–Crippen LogP) is 5.47. The smallest absolute Gasteiger partial charge is 0.264 e. The molecule has 0 bridgehead atoms. The fourth-order valence-corrected chi connectivity index (χ4v) is 5.99. The molecule has 0 radical (unpaired) electrons. The van der Waals surface area contributed by atoms with Crippen molar-refractivity contribution in [2.45, 2.75) is 56.4 Å². The van der Waals surface area contributed by atoms with Crippen LogP contribution < -0.4 is 9.62 Å². The molecular formula is C22H29IN2O2S. The van der Waals surface area contributed by atoms with E-state index in [0.29, 0.717) is 4.90 Å². The van der Waals surface area contributed by atoms with E-state index in [-0.39, 0.29) is 6.04 Å².